The molecule has 0 saturated heterocycles. The van der Waals surface area contributed by atoms with Gasteiger partial charge in [0.2, 0.25) is 0 Å². The van der Waals surface area contributed by atoms with Gasteiger partial charge >= 0.3 is 0 Å². The van der Waals surface area contributed by atoms with Crippen molar-refractivity contribution in [2.24, 2.45) is 0 Å². The van der Waals surface area contributed by atoms with Crippen molar-refractivity contribution in [2.45, 2.75) is 26.4 Å². The molecular weight excluding hydrogens is 272 g/mol. The van der Waals surface area contributed by atoms with Crippen LogP contribution >= 0.6 is 23.4 Å². The van der Waals surface area contributed by atoms with Crippen molar-refractivity contribution in [3.63, 3.8) is 0 Å². The minimum absolute atomic E-state index is 0.0262. The molecule has 18 heavy (non-hydrogen) atoms. The van der Waals surface area contributed by atoms with Gasteiger partial charge in [-0.2, -0.15) is 11.8 Å². The molecule has 100 valence electrons. The van der Waals surface area contributed by atoms with Gasteiger partial charge in [-0.15, -0.1) is 0 Å². The van der Waals surface area contributed by atoms with Gasteiger partial charge in [0.1, 0.15) is 0 Å². The van der Waals surface area contributed by atoms with Crippen LogP contribution in [-0.4, -0.2) is 22.5 Å². The molecule has 0 radical (unpaired) electrons. The Labute approximate surface area is 116 Å². The molecular formula is C12H17ClN2O2S. The fourth-order valence-corrected chi connectivity index (χ4v) is 2.38. The molecule has 0 fully saturated rings. The molecule has 0 aliphatic rings. The van der Waals surface area contributed by atoms with E-state index in [0.717, 1.165) is 17.1 Å². The molecule has 0 saturated carbocycles. The van der Waals surface area contributed by atoms with Gasteiger partial charge in [0.15, 0.2) is 0 Å². The van der Waals surface area contributed by atoms with Crippen LogP contribution in [0.4, 0.5) is 5.69 Å². The zero-order chi connectivity index (χ0) is 13.5. The Morgan fingerprint density at radius 1 is 1.56 bits per heavy atom. The summed E-state index contributed by atoms with van der Waals surface area (Å²) >= 11 is 7.89. The van der Waals surface area contributed by atoms with E-state index in [0.29, 0.717) is 17.6 Å². The standard InChI is InChI=1S/C12H17ClN2O2S/c1-3-18-8-9(2)14-7-10-4-5-11(15(16)17)6-12(10)13/h4-6,9,14H,3,7-8H2,1-2H3. The van der Waals surface area contributed by atoms with E-state index in [4.69, 9.17) is 11.6 Å². The van der Waals surface area contributed by atoms with Gasteiger partial charge in [-0.1, -0.05) is 18.5 Å². The maximum atomic E-state index is 10.6. The van der Waals surface area contributed by atoms with E-state index in [-0.39, 0.29) is 5.69 Å². The third-order valence-corrected chi connectivity index (χ3v) is 3.96. The Balaban J connectivity index is 2.55. The van der Waals surface area contributed by atoms with Crippen LogP contribution in [0.25, 0.3) is 0 Å². The average Bonchev–Trinajstić information content (AvgIpc) is 2.34. The molecule has 6 heteroatoms. The summed E-state index contributed by atoms with van der Waals surface area (Å²) in [5.74, 6) is 2.14. The number of hydrogen-bond acceptors (Lipinski definition) is 4. The molecule has 0 spiro atoms. The van der Waals surface area contributed by atoms with E-state index < -0.39 is 4.92 Å². The number of rotatable bonds is 7. The van der Waals surface area contributed by atoms with Crippen LogP contribution in [0.2, 0.25) is 5.02 Å². The van der Waals surface area contributed by atoms with Crippen LogP contribution in [0.3, 0.4) is 0 Å². The van der Waals surface area contributed by atoms with Gasteiger partial charge in [-0.25, -0.2) is 0 Å². The highest BCUT2D eigenvalue weighted by Crippen LogP contribution is 2.22. The zero-order valence-electron chi connectivity index (χ0n) is 10.5. The lowest BCUT2D eigenvalue weighted by Gasteiger charge is -2.13. The third kappa shape index (κ3) is 4.84. The van der Waals surface area contributed by atoms with E-state index in [2.05, 4.69) is 19.2 Å². The SMILES string of the molecule is CCSCC(C)NCc1ccc([N+](=O)[O-])cc1Cl. The maximum Gasteiger partial charge on any atom is 0.270 e. The summed E-state index contributed by atoms with van der Waals surface area (Å²) < 4.78 is 0. The van der Waals surface area contributed by atoms with Crippen molar-refractivity contribution in [1.82, 2.24) is 5.32 Å². The lowest BCUT2D eigenvalue weighted by atomic mass is 10.2. The average molecular weight is 289 g/mol. The molecule has 1 aromatic rings. The molecule has 0 heterocycles. The lowest BCUT2D eigenvalue weighted by molar-refractivity contribution is -0.384. The number of thioether (sulfide) groups is 1. The number of nitrogens with zero attached hydrogens (tertiary/aromatic N) is 1. The quantitative estimate of drug-likeness (QED) is 0.616. The Morgan fingerprint density at radius 3 is 2.83 bits per heavy atom. The summed E-state index contributed by atoms with van der Waals surface area (Å²) in [6.45, 7) is 4.87. The predicted molar refractivity (Wildman–Crippen MR) is 77.4 cm³/mol. The molecule has 1 unspecified atom stereocenters. The molecule has 4 nitrogen and oxygen atoms in total. The molecule has 1 rings (SSSR count). The summed E-state index contributed by atoms with van der Waals surface area (Å²) in [5.41, 5.74) is 0.911. The van der Waals surface area contributed by atoms with Gasteiger partial charge in [0.25, 0.3) is 5.69 Å². The molecule has 1 N–H and O–H groups in total. The molecule has 0 amide bonds. The molecule has 0 aliphatic carbocycles. The first-order valence-corrected chi connectivity index (χ1v) is 7.31. The topological polar surface area (TPSA) is 55.2 Å². The minimum Gasteiger partial charge on any atom is -0.309 e. The monoisotopic (exact) mass is 288 g/mol. The number of halogens is 1. The van der Waals surface area contributed by atoms with Gasteiger partial charge < -0.3 is 5.32 Å². The lowest BCUT2D eigenvalue weighted by Crippen LogP contribution is -2.27. The highest BCUT2D eigenvalue weighted by Gasteiger charge is 2.10. The van der Waals surface area contributed by atoms with Crippen LogP contribution in [0, 0.1) is 10.1 Å². The fraction of sp³-hybridized carbons (Fsp3) is 0.500. The van der Waals surface area contributed by atoms with Crippen LogP contribution in [0.1, 0.15) is 19.4 Å². The predicted octanol–water partition coefficient (Wildman–Crippen LogP) is 3.48. The first-order valence-electron chi connectivity index (χ1n) is 5.78. The molecule has 1 aromatic carbocycles. The Hall–Kier alpha value is -0.780. The number of nitrogens with one attached hydrogen (secondary N) is 1. The largest absolute Gasteiger partial charge is 0.309 e. The third-order valence-electron chi connectivity index (χ3n) is 2.46. The van der Waals surface area contributed by atoms with Gasteiger partial charge in [-0.3, -0.25) is 10.1 Å². The second-order valence-electron chi connectivity index (χ2n) is 3.97. The highest BCUT2D eigenvalue weighted by molar-refractivity contribution is 7.99. The van der Waals surface area contributed by atoms with Crippen LogP contribution < -0.4 is 5.32 Å². The van der Waals surface area contributed by atoms with Gasteiger partial charge in [0, 0.05) is 30.5 Å². The Kier molecular flexibility index (Phi) is 6.46. The second kappa shape index (κ2) is 7.61. The van der Waals surface area contributed by atoms with Crippen LogP contribution in [-0.2, 0) is 6.54 Å². The summed E-state index contributed by atoms with van der Waals surface area (Å²) in [6, 6.07) is 4.96. The number of benzene rings is 1. The minimum atomic E-state index is -0.441. The maximum absolute atomic E-state index is 10.6. The summed E-state index contributed by atoms with van der Waals surface area (Å²) in [5, 5.41) is 14.4. The van der Waals surface area contributed by atoms with Gasteiger partial charge in [-0.05, 0) is 24.3 Å². The number of non-ortho nitro benzene ring substituents is 1. The van der Waals surface area contributed by atoms with E-state index in [9.17, 15) is 10.1 Å². The van der Waals surface area contributed by atoms with Crippen molar-refractivity contribution >= 4 is 29.1 Å². The number of nitro groups is 1. The molecule has 1 atom stereocenters. The summed E-state index contributed by atoms with van der Waals surface area (Å²) in [4.78, 5) is 10.1. The van der Waals surface area contributed by atoms with Crippen molar-refractivity contribution in [1.29, 1.82) is 0 Å². The smallest absolute Gasteiger partial charge is 0.270 e. The van der Waals surface area contributed by atoms with Crippen molar-refractivity contribution in [3.8, 4) is 0 Å². The normalized spacial score (nSPS) is 12.4. The highest BCUT2D eigenvalue weighted by atomic mass is 35.5. The van der Waals surface area contributed by atoms with E-state index in [1.807, 2.05) is 11.8 Å². The summed E-state index contributed by atoms with van der Waals surface area (Å²) in [6.07, 6.45) is 0. The number of nitro benzene ring substituents is 1. The van der Waals surface area contributed by atoms with E-state index in [1.54, 1.807) is 6.07 Å². The first-order chi connectivity index (χ1) is 8.54. The Bertz CT molecular complexity index is 415. The van der Waals surface area contributed by atoms with Gasteiger partial charge in [0.05, 0.1) is 9.95 Å². The van der Waals surface area contributed by atoms with Crippen LogP contribution in [0.15, 0.2) is 18.2 Å². The van der Waals surface area contributed by atoms with Crippen molar-refractivity contribution < 1.29 is 4.92 Å². The molecule has 0 aromatic heterocycles. The first kappa shape index (κ1) is 15.3. The second-order valence-corrected chi connectivity index (χ2v) is 5.70. The van der Waals surface area contributed by atoms with E-state index in [1.165, 1.54) is 12.1 Å². The fourth-order valence-electron chi connectivity index (χ4n) is 1.43. The van der Waals surface area contributed by atoms with E-state index >= 15 is 0 Å². The molecule has 0 aliphatic heterocycles. The molecule has 0 bridgehead atoms. The van der Waals surface area contributed by atoms with Crippen molar-refractivity contribution in [3.05, 3.63) is 38.9 Å². The van der Waals surface area contributed by atoms with Crippen LogP contribution in [0.5, 0.6) is 0 Å². The van der Waals surface area contributed by atoms with Crippen molar-refractivity contribution in [2.75, 3.05) is 11.5 Å². The zero-order valence-corrected chi connectivity index (χ0v) is 12.1. The number of hydrogen-bond donors (Lipinski definition) is 1. The Morgan fingerprint density at radius 2 is 2.28 bits per heavy atom. The summed E-state index contributed by atoms with van der Waals surface area (Å²) in [7, 11) is 0.